The Morgan fingerprint density at radius 2 is 1.42 bits per heavy atom. The Kier molecular flexibility index (Phi) is 5.70. The number of hydrogen-bond acceptors (Lipinski definition) is 1. The number of H-pyrrole nitrogens is 1. The first-order valence-electron chi connectivity index (χ1n) is 11.5. The van der Waals surface area contributed by atoms with Crippen LogP contribution in [0.3, 0.4) is 0 Å². The molecule has 164 valence electrons. The number of aromatic amines is 1. The Labute approximate surface area is 193 Å². The van der Waals surface area contributed by atoms with Gasteiger partial charge in [-0.2, -0.15) is 0 Å². The van der Waals surface area contributed by atoms with Crippen molar-refractivity contribution < 1.29 is 9.90 Å². The normalized spacial score (nSPS) is 11.3. The topological polar surface area (TPSA) is 53.1 Å². The molecule has 5 aromatic rings. The van der Waals surface area contributed by atoms with E-state index in [1.807, 2.05) is 24.3 Å². The van der Waals surface area contributed by atoms with Gasteiger partial charge in [-0.15, -0.1) is 0 Å². The number of unbranched alkanes of at least 4 members (excludes halogenated alkanes) is 1. The number of carboxylic acid groups (broad SMARTS) is 1. The van der Waals surface area contributed by atoms with E-state index in [1.54, 1.807) is 0 Å². The highest BCUT2D eigenvalue weighted by Gasteiger charge is 2.19. The summed E-state index contributed by atoms with van der Waals surface area (Å²) in [5.41, 5.74) is 6.84. The molecule has 0 unspecified atom stereocenters. The molecule has 0 bridgehead atoms. The van der Waals surface area contributed by atoms with Crippen molar-refractivity contribution in [3.8, 4) is 11.1 Å². The molecule has 3 heteroatoms. The van der Waals surface area contributed by atoms with Crippen molar-refractivity contribution >= 4 is 27.6 Å². The lowest BCUT2D eigenvalue weighted by Gasteiger charge is -2.08. The number of para-hydroxylation sites is 1. The summed E-state index contributed by atoms with van der Waals surface area (Å²) in [6.07, 6.45) is 3.67. The van der Waals surface area contributed by atoms with Gasteiger partial charge in [-0.05, 0) is 65.6 Å². The summed E-state index contributed by atoms with van der Waals surface area (Å²) in [6, 6.07) is 29.3. The molecule has 0 atom stereocenters. The summed E-state index contributed by atoms with van der Waals surface area (Å²) in [4.78, 5) is 15.3. The van der Waals surface area contributed by atoms with E-state index in [2.05, 4.69) is 72.6 Å². The molecular weight excluding hydrogens is 406 g/mol. The third kappa shape index (κ3) is 4.03. The molecule has 0 aliphatic heterocycles. The number of rotatable bonds is 7. The molecule has 1 heterocycles. The molecule has 2 N–H and O–H groups in total. The van der Waals surface area contributed by atoms with Crippen molar-refractivity contribution in [3.05, 3.63) is 107 Å². The minimum atomic E-state index is -0.897. The Morgan fingerprint density at radius 1 is 0.758 bits per heavy atom. The number of aryl methyl sites for hydroxylation is 3. The third-order valence-corrected chi connectivity index (χ3v) is 6.59. The van der Waals surface area contributed by atoms with Crippen molar-refractivity contribution in [1.82, 2.24) is 4.98 Å². The predicted molar refractivity (Wildman–Crippen MR) is 136 cm³/mol. The van der Waals surface area contributed by atoms with Crippen LogP contribution < -0.4 is 0 Å². The lowest BCUT2D eigenvalue weighted by molar-refractivity contribution is 0.0690. The van der Waals surface area contributed by atoms with Gasteiger partial charge < -0.3 is 10.1 Å². The molecule has 0 radical (unpaired) electrons. The van der Waals surface area contributed by atoms with Gasteiger partial charge in [-0.3, -0.25) is 0 Å². The number of nitrogens with one attached hydrogen (secondary N) is 1. The predicted octanol–water partition coefficient (Wildman–Crippen LogP) is 7.56. The van der Waals surface area contributed by atoms with E-state index >= 15 is 0 Å². The number of carbonyl (C=O) groups is 1. The molecule has 5 rings (SSSR count). The maximum absolute atomic E-state index is 12.1. The molecule has 0 spiro atoms. The van der Waals surface area contributed by atoms with Crippen LogP contribution >= 0.6 is 0 Å². The fraction of sp³-hybridized carbons (Fsp3) is 0.167. The third-order valence-electron chi connectivity index (χ3n) is 6.59. The largest absolute Gasteiger partial charge is 0.477 e. The van der Waals surface area contributed by atoms with Gasteiger partial charge in [-0.25, -0.2) is 4.79 Å². The summed E-state index contributed by atoms with van der Waals surface area (Å²) in [7, 11) is 0. The zero-order valence-electron chi connectivity index (χ0n) is 18.8. The van der Waals surface area contributed by atoms with Gasteiger partial charge in [0.1, 0.15) is 5.69 Å². The van der Waals surface area contributed by atoms with Crippen LogP contribution in [0.25, 0.3) is 32.8 Å². The van der Waals surface area contributed by atoms with Crippen LogP contribution in [-0.4, -0.2) is 16.1 Å². The minimum absolute atomic E-state index is 0.316. The number of benzene rings is 4. The van der Waals surface area contributed by atoms with E-state index in [9.17, 15) is 9.90 Å². The molecule has 0 saturated carbocycles. The number of hydrogen-bond donors (Lipinski definition) is 2. The van der Waals surface area contributed by atoms with E-state index in [0.717, 1.165) is 53.3 Å². The zero-order valence-corrected chi connectivity index (χ0v) is 18.8. The maximum atomic E-state index is 12.1. The molecule has 0 fully saturated rings. The first-order chi connectivity index (χ1) is 16.1. The highest BCUT2D eigenvalue weighted by atomic mass is 16.4. The molecule has 0 aliphatic carbocycles. The number of aromatic nitrogens is 1. The van der Waals surface area contributed by atoms with E-state index in [4.69, 9.17) is 0 Å². The molecule has 0 aliphatic rings. The van der Waals surface area contributed by atoms with Gasteiger partial charge in [0.2, 0.25) is 0 Å². The number of aromatic carboxylic acids is 1. The van der Waals surface area contributed by atoms with Gasteiger partial charge in [0.15, 0.2) is 0 Å². The van der Waals surface area contributed by atoms with Crippen LogP contribution in [0.4, 0.5) is 0 Å². The van der Waals surface area contributed by atoms with Crippen LogP contribution in [0.5, 0.6) is 0 Å². The fourth-order valence-corrected chi connectivity index (χ4v) is 4.94. The van der Waals surface area contributed by atoms with E-state index in [1.165, 1.54) is 21.9 Å². The first kappa shape index (κ1) is 21.0. The van der Waals surface area contributed by atoms with E-state index in [0.29, 0.717) is 5.69 Å². The summed E-state index contributed by atoms with van der Waals surface area (Å²) in [6.45, 7) is 2.09. The Morgan fingerprint density at radius 3 is 2.27 bits per heavy atom. The van der Waals surface area contributed by atoms with Crippen LogP contribution in [-0.2, 0) is 12.8 Å². The number of carboxylic acids is 1. The standard InChI is InChI=1S/C30H27NO2/c1-20-10-2-5-15-23(20)25-18-9-19-26-27(29(30(32)33)31-28(25)26)17-7-4-12-22-14-8-13-21-11-3-6-16-24(21)22/h2-3,5-6,8-11,13-16,18-19,31H,4,7,12,17H2,1H3,(H,32,33). The van der Waals surface area contributed by atoms with Crippen LogP contribution in [0, 0.1) is 6.92 Å². The molecule has 0 saturated heterocycles. The molecule has 33 heavy (non-hydrogen) atoms. The van der Waals surface area contributed by atoms with Crippen LogP contribution in [0.15, 0.2) is 84.9 Å². The SMILES string of the molecule is Cc1ccccc1-c1cccc2c(CCCCc3cccc4ccccc34)c(C(=O)O)[nH]c12. The molecular formula is C30H27NO2. The second kappa shape index (κ2) is 8.95. The van der Waals surface area contributed by atoms with Crippen LogP contribution in [0.1, 0.15) is 40.0 Å². The maximum Gasteiger partial charge on any atom is 0.352 e. The van der Waals surface area contributed by atoms with E-state index in [-0.39, 0.29) is 0 Å². The molecule has 0 amide bonds. The summed E-state index contributed by atoms with van der Waals surface area (Å²) < 4.78 is 0. The second-order valence-corrected chi connectivity index (χ2v) is 8.67. The number of fused-ring (bicyclic) bond motifs is 2. The van der Waals surface area contributed by atoms with Crippen molar-refractivity contribution in [1.29, 1.82) is 0 Å². The Bertz CT molecular complexity index is 1460. The van der Waals surface area contributed by atoms with E-state index < -0.39 is 5.97 Å². The average molecular weight is 434 g/mol. The molecule has 3 nitrogen and oxygen atoms in total. The van der Waals surface area contributed by atoms with Crippen LogP contribution in [0.2, 0.25) is 0 Å². The minimum Gasteiger partial charge on any atom is -0.477 e. The Balaban J connectivity index is 1.42. The van der Waals surface area contributed by atoms with Gasteiger partial charge in [0, 0.05) is 10.9 Å². The van der Waals surface area contributed by atoms with Gasteiger partial charge in [0.05, 0.1) is 5.52 Å². The summed E-state index contributed by atoms with van der Waals surface area (Å²) in [5.74, 6) is -0.897. The van der Waals surface area contributed by atoms with Gasteiger partial charge in [-0.1, -0.05) is 84.9 Å². The van der Waals surface area contributed by atoms with Crippen molar-refractivity contribution in [2.24, 2.45) is 0 Å². The quantitative estimate of drug-likeness (QED) is 0.260. The first-order valence-corrected chi connectivity index (χ1v) is 11.5. The fourth-order valence-electron chi connectivity index (χ4n) is 4.94. The molecule has 1 aromatic heterocycles. The summed E-state index contributed by atoms with van der Waals surface area (Å²) >= 11 is 0. The van der Waals surface area contributed by atoms with Gasteiger partial charge in [0.25, 0.3) is 0 Å². The van der Waals surface area contributed by atoms with Crippen molar-refractivity contribution in [2.75, 3.05) is 0 Å². The average Bonchev–Trinajstić information content (AvgIpc) is 3.21. The highest BCUT2D eigenvalue weighted by molar-refractivity contribution is 6.03. The van der Waals surface area contributed by atoms with Crippen molar-refractivity contribution in [2.45, 2.75) is 32.6 Å². The zero-order chi connectivity index (χ0) is 22.8. The lowest BCUT2D eigenvalue weighted by Crippen LogP contribution is -2.01. The Hall–Kier alpha value is -3.85. The molecule has 4 aromatic carbocycles. The highest BCUT2D eigenvalue weighted by Crippen LogP contribution is 2.34. The van der Waals surface area contributed by atoms with Crippen molar-refractivity contribution in [3.63, 3.8) is 0 Å². The summed E-state index contributed by atoms with van der Waals surface area (Å²) in [5, 5.41) is 13.5. The second-order valence-electron chi connectivity index (χ2n) is 8.67. The smallest absolute Gasteiger partial charge is 0.352 e. The lowest BCUT2D eigenvalue weighted by atomic mass is 9.96. The monoisotopic (exact) mass is 433 g/mol. The van der Waals surface area contributed by atoms with Gasteiger partial charge >= 0.3 is 5.97 Å².